The van der Waals surface area contributed by atoms with Gasteiger partial charge in [0, 0.05) is 10.9 Å². The average molecular weight is 287 g/mol. The third-order valence-electron chi connectivity index (χ3n) is 1.70. The van der Waals surface area contributed by atoms with E-state index in [1.165, 1.54) is 6.07 Å². The number of halogens is 4. The van der Waals surface area contributed by atoms with Crippen molar-refractivity contribution in [1.82, 2.24) is 4.98 Å². The van der Waals surface area contributed by atoms with Gasteiger partial charge in [0.2, 0.25) is 0 Å². The van der Waals surface area contributed by atoms with Gasteiger partial charge in [-0.05, 0) is 11.6 Å². The van der Waals surface area contributed by atoms with Crippen LogP contribution in [0.4, 0.5) is 8.78 Å². The Balaban J connectivity index is 3.33. The molecule has 0 radical (unpaired) electrons. The summed E-state index contributed by atoms with van der Waals surface area (Å²) >= 11 is 8.67. The van der Waals surface area contributed by atoms with Crippen LogP contribution in [0.5, 0.6) is 0 Å². The van der Waals surface area contributed by atoms with Gasteiger partial charge in [0.15, 0.2) is 0 Å². The van der Waals surface area contributed by atoms with Crippen molar-refractivity contribution in [1.29, 1.82) is 0 Å². The maximum absolute atomic E-state index is 12.6. The second-order valence-corrected chi connectivity index (χ2v) is 3.50. The van der Waals surface area contributed by atoms with Gasteiger partial charge in [-0.25, -0.2) is 13.8 Å². The fourth-order valence-electron chi connectivity index (χ4n) is 1.13. The highest BCUT2D eigenvalue weighted by atomic mass is 79.9. The third-order valence-corrected chi connectivity index (χ3v) is 2.50. The van der Waals surface area contributed by atoms with Crippen LogP contribution in [-0.4, -0.2) is 10.1 Å². The van der Waals surface area contributed by atoms with Crippen molar-refractivity contribution in [2.75, 3.05) is 0 Å². The second-order valence-electron chi connectivity index (χ2n) is 2.56. The Morgan fingerprint density at radius 1 is 1.57 bits per heavy atom. The maximum atomic E-state index is 12.6. The van der Waals surface area contributed by atoms with Gasteiger partial charge < -0.3 is 5.11 Å². The van der Waals surface area contributed by atoms with E-state index < -0.39 is 13.0 Å². The molecular formula is C8H7BrClF2NO. The van der Waals surface area contributed by atoms with Crippen LogP contribution in [0.15, 0.2) is 6.07 Å². The van der Waals surface area contributed by atoms with Crippen molar-refractivity contribution >= 4 is 27.5 Å². The highest BCUT2D eigenvalue weighted by molar-refractivity contribution is 9.08. The van der Waals surface area contributed by atoms with Crippen LogP contribution in [0, 0.1) is 0 Å². The molecule has 1 heterocycles. The molecule has 1 rings (SSSR count). The Labute approximate surface area is 93.0 Å². The van der Waals surface area contributed by atoms with Gasteiger partial charge >= 0.3 is 0 Å². The minimum atomic E-state index is -2.66. The van der Waals surface area contributed by atoms with Gasteiger partial charge in [-0.1, -0.05) is 27.5 Å². The van der Waals surface area contributed by atoms with Crippen LogP contribution in [0.25, 0.3) is 0 Å². The van der Waals surface area contributed by atoms with Crippen molar-refractivity contribution in [3.8, 4) is 0 Å². The van der Waals surface area contributed by atoms with E-state index in [0.717, 1.165) is 0 Å². The van der Waals surface area contributed by atoms with Crippen molar-refractivity contribution in [3.63, 3.8) is 0 Å². The van der Waals surface area contributed by atoms with Crippen LogP contribution in [-0.2, 0) is 11.9 Å². The summed E-state index contributed by atoms with van der Waals surface area (Å²) < 4.78 is 25.2. The van der Waals surface area contributed by atoms with Crippen molar-refractivity contribution < 1.29 is 13.9 Å². The molecule has 0 aromatic carbocycles. The van der Waals surface area contributed by atoms with Crippen LogP contribution in [0.3, 0.4) is 0 Å². The quantitative estimate of drug-likeness (QED) is 0.684. The first-order valence-corrected chi connectivity index (χ1v) is 5.23. The molecule has 1 N–H and O–H groups in total. The lowest BCUT2D eigenvalue weighted by molar-refractivity contribution is 0.145. The lowest BCUT2D eigenvalue weighted by Crippen LogP contribution is -2.03. The van der Waals surface area contributed by atoms with Gasteiger partial charge in [0.25, 0.3) is 6.43 Å². The molecule has 0 saturated carbocycles. The van der Waals surface area contributed by atoms with Crippen LogP contribution < -0.4 is 0 Å². The lowest BCUT2D eigenvalue weighted by atomic mass is 10.1. The number of hydrogen-bond donors (Lipinski definition) is 1. The summed E-state index contributed by atoms with van der Waals surface area (Å²) in [5.41, 5.74) is 0.0415. The number of aliphatic hydroxyl groups excluding tert-OH is 1. The van der Waals surface area contributed by atoms with Gasteiger partial charge in [-0.15, -0.1) is 0 Å². The minimum Gasteiger partial charge on any atom is -0.390 e. The number of alkyl halides is 3. The first kappa shape index (κ1) is 11.8. The molecule has 0 spiro atoms. The van der Waals surface area contributed by atoms with Gasteiger partial charge in [0.05, 0.1) is 12.3 Å². The summed E-state index contributed by atoms with van der Waals surface area (Å²) in [6.45, 7) is -0.541. The van der Waals surface area contributed by atoms with Crippen molar-refractivity contribution in [2.24, 2.45) is 0 Å². The predicted molar refractivity (Wildman–Crippen MR) is 52.8 cm³/mol. The first-order chi connectivity index (χ1) is 6.60. The van der Waals surface area contributed by atoms with Gasteiger partial charge in [-0.2, -0.15) is 0 Å². The zero-order chi connectivity index (χ0) is 10.7. The number of rotatable bonds is 3. The Bertz CT molecular complexity index is 310. The number of aliphatic hydroxyl groups is 1. The molecule has 0 unspecified atom stereocenters. The minimum absolute atomic E-state index is 0.0676. The van der Waals surface area contributed by atoms with Crippen molar-refractivity contribution in [2.45, 2.75) is 18.4 Å². The van der Waals surface area contributed by atoms with E-state index in [-0.39, 0.29) is 21.7 Å². The first-order valence-electron chi connectivity index (χ1n) is 3.73. The topological polar surface area (TPSA) is 33.1 Å². The lowest BCUT2D eigenvalue weighted by Gasteiger charge is -2.10. The van der Waals surface area contributed by atoms with Crippen LogP contribution >= 0.6 is 27.5 Å². The highest BCUT2D eigenvalue weighted by Crippen LogP contribution is 2.29. The number of nitrogens with zero attached hydrogens (tertiary/aromatic N) is 1. The molecule has 0 atom stereocenters. The molecule has 0 aliphatic rings. The number of pyridine rings is 1. The molecule has 6 heteroatoms. The Morgan fingerprint density at radius 2 is 2.21 bits per heavy atom. The standard InChI is InChI=1S/C8H7BrClF2NO/c9-2-4-1-6(10)13-5(3-14)7(4)8(11)12/h1,8,14H,2-3H2. The van der Waals surface area contributed by atoms with E-state index in [1.54, 1.807) is 0 Å². The maximum Gasteiger partial charge on any atom is 0.265 e. The summed E-state index contributed by atoms with van der Waals surface area (Å²) in [6, 6.07) is 1.36. The Hall–Kier alpha value is -0.260. The normalized spacial score (nSPS) is 11.0. The summed E-state index contributed by atoms with van der Waals surface area (Å²) in [7, 11) is 0. The molecule has 78 valence electrons. The predicted octanol–water partition coefficient (Wildman–Crippen LogP) is 3.06. The fourth-order valence-corrected chi connectivity index (χ4v) is 1.82. The molecule has 2 nitrogen and oxygen atoms in total. The van der Waals surface area contributed by atoms with Gasteiger partial charge in [-0.3, -0.25) is 0 Å². The van der Waals surface area contributed by atoms with Crippen LogP contribution in [0.1, 0.15) is 23.2 Å². The highest BCUT2D eigenvalue weighted by Gasteiger charge is 2.19. The SMILES string of the molecule is OCc1nc(Cl)cc(CBr)c1C(F)F. The molecular weight excluding hydrogens is 279 g/mol. The van der Waals surface area contributed by atoms with E-state index in [1.807, 2.05) is 0 Å². The number of hydrogen-bond acceptors (Lipinski definition) is 2. The van der Waals surface area contributed by atoms with E-state index in [9.17, 15) is 8.78 Å². The Morgan fingerprint density at radius 3 is 2.64 bits per heavy atom. The molecule has 0 aliphatic heterocycles. The van der Waals surface area contributed by atoms with E-state index in [4.69, 9.17) is 16.7 Å². The second kappa shape index (κ2) is 5.00. The molecule has 0 fully saturated rings. The molecule has 0 saturated heterocycles. The monoisotopic (exact) mass is 285 g/mol. The summed E-state index contributed by atoms with van der Waals surface area (Å²) in [5.74, 6) is 0. The molecule has 0 amide bonds. The van der Waals surface area contributed by atoms with Gasteiger partial charge in [0.1, 0.15) is 5.15 Å². The number of aromatic nitrogens is 1. The van der Waals surface area contributed by atoms with E-state index in [2.05, 4.69) is 20.9 Å². The third kappa shape index (κ3) is 2.40. The summed E-state index contributed by atoms with van der Waals surface area (Å²) in [5, 5.41) is 9.20. The summed E-state index contributed by atoms with van der Waals surface area (Å²) in [6.07, 6.45) is -2.66. The van der Waals surface area contributed by atoms with Crippen molar-refractivity contribution in [3.05, 3.63) is 28.0 Å². The molecule has 1 aromatic heterocycles. The average Bonchev–Trinajstić information content (AvgIpc) is 2.15. The fraction of sp³-hybridized carbons (Fsp3) is 0.375. The van der Waals surface area contributed by atoms with E-state index in [0.29, 0.717) is 5.56 Å². The Kier molecular flexibility index (Phi) is 4.22. The summed E-state index contributed by atoms with van der Waals surface area (Å²) in [4.78, 5) is 3.64. The molecule has 0 aliphatic carbocycles. The molecule has 14 heavy (non-hydrogen) atoms. The molecule has 1 aromatic rings. The molecule has 0 bridgehead atoms. The largest absolute Gasteiger partial charge is 0.390 e. The van der Waals surface area contributed by atoms with Crippen LogP contribution in [0.2, 0.25) is 5.15 Å². The smallest absolute Gasteiger partial charge is 0.265 e. The zero-order valence-electron chi connectivity index (χ0n) is 6.98. The zero-order valence-corrected chi connectivity index (χ0v) is 9.32. The van der Waals surface area contributed by atoms with E-state index >= 15 is 0 Å².